The van der Waals surface area contributed by atoms with Crippen LogP contribution in [-0.2, 0) is 12.8 Å². The molecule has 0 saturated carbocycles. The number of carbonyl (C=O) groups is 1. The lowest BCUT2D eigenvalue weighted by molar-refractivity contribution is 0.102. The highest BCUT2D eigenvalue weighted by molar-refractivity contribution is 7.99. The maximum Gasteiger partial charge on any atom is 0.267 e. The summed E-state index contributed by atoms with van der Waals surface area (Å²) in [6.45, 7) is 8.90. The predicted molar refractivity (Wildman–Crippen MR) is 151 cm³/mol. The summed E-state index contributed by atoms with van der Waals surface area (Å²) < 4.78 is 1.69. The summed E-state index contributed by atoms with van der Waals surface area (Å²) in [6, 6.07) is 14.8. The minimum atomic E-state index is -0.0428. The minimum absolute atomic E-state index is 0.0275. The molecule has 1 aliphatic rings. The van der Waals surface area contributed by atoms with E-state index < -0.39 is 0 Å². The predicted octanol–water partition coefficient (Wildman–Crippen LogP) is 7.54. The number of Topliss-reactive ketones (excluding diaryl/α,β-unsaturated/α-hetero) is 1. The molecule has 0 spiro atoms. The van der Waals surface area contributed by atoms with Crippen LogP contribution in [0.2, 0.25) is 5.02 Å². The number of fused-ring (bicyclic) bond motifs is 3. The third kappa shape index (κ3) is 4.91. The van der Waals surface area contributed by atoms with E-state index in [1.165, 1.54) is 22.2 Å². The lowest BCUT2D eigenvalue weighted by atomic mass is 9.72. The number of rotatable bonds is 5. The lowest BCUT2D eigenvalue weighted by Crippen LogP contribution is -2.27. The second-order valence-electron chi connectivity index (χ2n) is 10.6. The zero-order chi connectivity index (χ0) is 25.6. The summed E-state index contributed by atoms with van der Waals surface area (Å²) in [5.74, 6) is 0.742. The number of aryl methyl sites for hydroxylation is 2. The van der Waals surface area contributed by atoms with E-state index in [2.05, 4.69) is 20.8 Å². The van der Waals surface area contributed by atoms with E-state index in [9.17, 15) is 9.59 Å². The number of carbonyl (C=O) groups excluding carboxylic acids is 1. The average Bonchev–Trinajstić information content (AvgIpc) is 3.20. The zero-order valence-electron chi connectivity index (χ0n) is 20.9. The van der Waals surface area contributed by atoms with Crippen LogP contribution in [0, 0.1) is 18.3 Å². The Bertz CT molecular complexity index is 1510. The smallest absolute Gasteiger partial charge is 0.267 e. The van der Waals surface area contributed by atoms with Gasteiger partial charge in [-0.2, -0.15) is 0 Å². The SMILES string of the molecule is Cc1cccc(-n2c(SCC(=O)c3ccc(Cl)cc3)nc3sc4c(c3c2=O)CCC(C(C)(C)C)C4)c1. The van der Waals surface area contributed by atoms with Crippen LogP contribution in [-0.4, -0.2) is 21.1 Å². The van der Waals surface area contributed by atoms with Crippen LogP contribution in [0.25, 0.3) is 15.9 Å². The Morgan fingerprint density at radius 2 is 1.94 bits per heavy atom. The van der Waals surface area contributed by atoms with Crippen LogP contribution < -0.4 is 5.56 Å². The highest BCUT2D eigenvalue weighted by atomic mass is 35.5. The van der Waals surface area contributed by atoms with Gasteiger partial charge >= 0.3 is 0 Å². The number of hydrogen-bond acceptors (Lipinski definition) is 5. The van der Waals surface area contributed by atoms with E-state index in [0.29, 0.717) is 21.7 Å². The molecule has 2 aromatic heterocycles. The summed E-state index contributed by atoms with van der Waals surface area (Å²) in [7, 11) is 0. The third-order valence-electron chi connectivity index (χ3n) is 7.04. The Balaban J connectivity index is 1.59. The molecule has 0 bridgehead atoms. The van der Waals surface area contributed by atoms with E-state index in [1.807, 2.05) is 31.2 Å². The van der Waals surface area contributed by atoms with E-state index in [0.717, 1.165) is 40.7 Å². The molecule has 36 heavy (non-hydrogen) atoms. The molecule has 0 amide bonds. The number of thioether (sulfide) groups is 1. The van der Waals surface area contributed by atoms with Gasteiger partial charge in [-0.3, -0.25) is 14.2 Å². The molecule has 1 aliphatic carbocycles. The Morgan fingerprint density at radius 3 is 2.64 bits per heavy atom. The molecule has 2 aromatic carbocycles. The number of aromatic nitrogens is 2. The number of thiophene rings is 1. The van der Waals surface area contributed by atoms with Gasteiger partial charge in [0.1, 0.15) is 4.83 Å². The van der Waals surface area contributed by atoms with E-state index in [1.54, 1.807) is 40.2 Å². The van der Waals surface area contributed by atoms with Gasteiger partial charge in [0.15, 0.2) is 10.9 Å². The lowest BCUT2D eigenvalue weighted by Gasteiger charge is -2.33. The monoisotopic (exact) mass is 536 g/mol. The van der Waals surface area contributed by atoms with Gasteiger partial charge < -0.3 is 0 Å². The van der Waals surface area contributed by atoms with Crippen molar-refractivity contribution in [3.05, 3.63) is 85.5 Å². The molecule has 5 rings (SSSR count). The Morgan fingerprint density at radius 1 is 1.19 bits per heavy atom. The van der Waals surface area contributed by atoms with Crippen molar-refractivity contribution in [2.24, 2.45) is 11.3 Å². The van der Waals surface area contributed by atoms with E-state index in [-0.39, 0.29) is 22.5 Å². The second-order valence-corrected chi connectivity index (χ2v) is 13.0. The van der Waals surface area contributed by atoms with Crippen molar-refractivity contribution in [1.29, 1.82) is 0 Å². The zero-order valence-corrected chi connectivity index (χ0v) is 23.3. The maximum absolute atomic E-state index is 14.0. The summed E-state index contributed by atoms with van der Waals surface area (Å²) in [6.07, 6.45) is 2.98. The summed E-state index contributed by atoms with van der Waals surface area (Å²) in [5.41, 5.74) is 3.79. The van der Waals surface area contributed by atoms with Crippen molar-refractivity contribution in [2.75, 3.05) is 5.75 Å². The van der Waals surface area contributed by atoms with Crippen molar-refractivity contribution < 1.29 is 4.79 Å². The van der Waals surface area contributed by atoms with Crippen LogP contribution in [0.5, 0.6) is 0 Å². The first-order valence-electron chi connectivity index (χ1n) is 12.2. The molecule has 0 saturated heterocycles. The molecular weight excluding hydrogens is 508 g/mol. The first-order valence-corrected chi connectivity index (χ1v) is 14.4. The number of hydrogen-bond donors (Lipinski definition) is 0. The van der Waals surface area contributed by atoms with Gasteiger partial charge in [0.25, 0.3) is 5.56 Å². The maximum atomic E-state index is 14.0. The summed E-state index contributed by atoms with van der Waals surface area (Å²) >= 11 is 8.94. The highest BCUT2D eigenvalue weighted by Gasteiger charge is 2.32. The third-order valence-corrected chi connectivity index (χ3v) is 9.37. The van der Waals surface area contributed by atoms with Crippen molar-refractivity contribution in [3.63, 3.8) is 0 Å². The number of halogens is 1. The highest BCUT2D eigenvalue weighted by Crippen LogP contribution is 2.42. The fraction of sp³-hybridized carbons (Fsp3) is 0.345. The van der Waals surface area contributed by atoms with Crippen molar-refractivity contribution in [3.8, 4) is 5.69 Å². The fourth-order valence-corrected chi connectivity index (χ4v) is 7.26. The van der Waals surface area contributed by atoms with Gasteiger partial charge in [-0.25, -0.2) is 4.98 Å². The molecular formula is C29H29ClN2O2S2. The molecule has 2 heterocycles. The first kappa shape index (κ1) is 25.2. The Kier molecular flexibility index (Phi) is 6.88. The first-order chi connectivity index (χ1) is 17.1. The average molecular weight is 537 g/mol. The van der Waals surface area contributed by atoms with Crippen molar-refractivity contribution in [1.82, 2.24) is 9.55 Å². The molecule has 4 nitrogen and oxygen atoms in total. The minimum Gasteiger partial charge on any atom is -0.293 e. The fourth-order valence-electron chi connectivity index (χ4n) is 4.89. The standard InChI is InChI=1S/C29H29ClN2O2S2/c1-17-6-5-7-21(14-17)32-27(34)25-22-13-10-19(29(2,3)4)15-24(22)36-26(25)31-28(32)35-16-23(33)18-8-11-20(30)12-9-18/h5-9,11-12,14,19H,10,13,15-16H2,1-4H3. The molecule has 0 radical (unpaired) electrons. The van der Waals surface area contributed by atoms with Gasteiger partial charge in [-0.15, -0.1) is 11.3 Å². The molecule has 7 heteroatoms. The van der Waals surface area contributed by atoms with E-state index in [4.69, 9.17) is 16.6 Å². The summed E-state index contributed by atoms with van der Waals surface area (Å²) in [5, 5.41) is 1.89. The Hall–Kier alpha value is -2.41. The van der Waals surface area contributed by atoms with Crippen molar-refractivity contribution in [2.45, 2.75) is 52.1 Å². The van der Waals surface area contributed by atoms with Gasteiger partial charge in [-0.05, 0) is 85.0 Å². The van der Waals surface area contributed by atoms with Crippen LogP contribution in [0.4, 0.5) is 0 Å². The molecule has 4 aromatic rings. The number of ketones is 1. The van der Waals surface area contributed by atoms with Crippen LogP contribution in [0.15, 0.2) is 58.5 Å². The van der Waals surface area contributed by atoms with Gasteiger partial charge in [-0.1, -0.05) is 56.3 Å². The van der Waals surface area contributed by atoms with Crippen LogP contribution >= 0.6 is 34.7 Å². The van der Waals surface area contributed by atoms with Crippen molar-refractivity contribution >= 4 is 50.7 Å². The van der Waals surface area contributed by atoms with Crippen LogP contribution in [0.1, 0.15) is 53.6 Å². The topological polar surface area (TPSA) is 52.0 Å². The quantitative estimate of drug-likeness (QED) is 0.150. The number of nitrogens with zero attached hydrogens (tertiary/aromatic N) is 2. The molecule has 0 fully saturated rings. The molecule has 0 N–H and O–H groups in total. The second kappa shape index (κ2) is 9.81. The van der Waals surface area contributed by atoms with Crippen LogP contribution in [0.3, 0.4) is 0 Å². The summed E-state index contributed by atoms with van der Waals surface area (Å²) in [4.78, 5) is 34.0. The Labute approximate surface area is 224 Å². The number of benzene rings is 2. The van der Waals surface area contributed by atoms with E-state index >= 15 is 0 Å². The normalized spacial score (nSPS) is 15.8. The molecule has 0 aliphatic heterocycles. The van der Waals surface area contributed by atoms with Gasteiger partial charge in [0, 0.05) is 15.5 Å². The van der Waals surface area contributed by atoms with Gasteiger partial charge in [0.2, 0.25) is 0 Å². The van der Waals surface area contributed by atoms with Gasteiger partial charge in [0.05, 0.1) is 16.8 Å². The molecule has 1 unspecified atom stereocenters. The molecule has 186 valence electrons. The molecule has 1 atom stereocenters. The largest absolute Gasteiger partial charge is 0.293 e.